The number of nitrogens with one attached hydrogen (secondary N) is 1. The van der Waals surface area contributed by atoms with Crippen molar-refractivity contribution in [2.45, 2.75) is 6.92 Å². The summed E-state index contributed by atoms with van der Waals surface area (Å²) in [7, 11) is 4.37. The maximum atomic E-state index is 13.0. The molecule has 4 amide bonds. The van der Waals surface area contributed by atoms with Crippen LogP contribution in [0.1, 0.15) is 11.1 Å². The maximum Gasteiger partial charge on any atom is 0.335 e. The molecule has 1 aliphatic heterocycles. The first kappa shape index (κ1) is 19.9. The summed E-state index contributed by atoms with van der Waals surface area (Å²) < 4.78 is 16.0. The van der Waals surface area contributed by atoms with E-state index in [1.54, 1.807) is 30.3 Å². The molecule has 29 heavy (non-hydrogen) atoms. The van der Waals surface area contributed by atoms with Crippen molar-refractivity contribution in [1.29, 1.82) is 0 Å². The number of nitrogens with zero attached hydrogens (tertiary/aromatic N) is 1. The molecule has 0 aliphatic carbocycles. The number of urea groups is 1. The van der Waals surface area contributed by atoms with Gasteiger partial charge in [-0.1, -0.05) is 12.1 Å². The molecule has 150 valence electrons. The van der Waals surface area contributed by atoms with Gasteiger partial charge in [0.25, 0.3) is 11.8 Å². The molecule has 1 heterocycles. The van der Waals surface area contributed by atoms with Crippen LogP contribution in [0.3, 0.4) is 0 Å². The molecule has 0 saturated carbocycles. The molecule has 0 unspecified atom stereocenters. The first-order valence-corrected chi connectivity index (χ1v) is 8.68. The molecule has 1 fully saturated rings. The lowest BCUT2D eigenvalue weighted by Gasteiger charge is -2.26. The lowest BCUT2D eigenvalue weighted by atomic mass is 10.0. The number of benzene rings is 2. The van der Waals surface area contributed by atoms with Crippen LogP contribution in [-0.4, -0.2) is 39.2 Å². The van der Waals surface area contributed by atoms with Gasteiger partial charge in [-0.2, -0.15) is 0 Å². The number of imide groups is 2. The molecule has 0 radical (unpaired) electrons. The molecular formula is C21H20N2O6. The molecule has 1 N–H and O–H groups in total. The summed E-state index contributed by atoms with van der Waals surface area (Å²) in [5.74, 6) is -0.483. The number of hydrogen-bond acceptors (Lipinski definition) is 6. The summed E-state index contributed by atoms with van der Waals surface area (Å²) in [6.07, 6.45) is 1.35. The quantitative estimate of drug-likeness (QED) is 0.617. The molecule has 8 nitrogen and oxygen atoms in total. The highest BCUT2D eigenvalue weighted by Crippen LogP contribution is 2.40. The number of aryl methyl sites for hydroxylation is 1. The number of carbonyl (C=O) groups excluding carboxylic acids is 3. The zero-order valence-electron chi connectivity index (χ0n) is 16.4. The third-order valence-electron chi connectivity index (χ3n) is 4.40. The summed E-state index contributed by atoms with van der Waals surface area (Å²) in [5, 5.41) is 2.20. The summed E-state index contributed by atoms with van der Waals surface area (Å²) in [5.41, 5.74) is 1.44. The van der Waals surface area contributed by atoms with Gasteiger partial charge in [0.2, 0.25) is 5.75 Å². The minimum atomic E-state index is -0.804. The molecule has 0 aromatic heterocycles. The van der Waals surface area contributed by atoms with Gasteiger partial charge in [-0.3, -0.25) is 14.9 Å². The van der Waals surface area contributed by atoms with Crippen LogP contribution in [0, 0.1) is 6.92 Å². The van der Waals surface area contributed by atoms with Crippen molar-refractivity contribution in [2.24, 2.45) is 0 Å². The molecule has 1 saturated heterocycles. The van der Waals surface area contributed by atoms with Crippen molar-refractivity contribution in [3.05, 3.63) is 53.1 Å². The Balaban J connectivity index is 2.10. The second kappa shape index (κ2) is 8.05. The average molecular weight is 396 g/mol. The zero-order valence-corrected chi connectivity index (χ0v) is 16.4. The van der Waals surface area contributed by atoms with Gasteiger partial charge < -0.3 is 14.2 Å². The first-order valence-electron chi connectivity index (χ1n) is 8.68. The third kappa shape index (κ3) is 3.64. The summed E-state index contributed by atoms with van der Waals surface area (Å²) in [4.78, 5) is 38.7. The van der Waals surface area contributed by atoms with Crippen LogP contribution in [0.25, 0.3) is 6.08 Å². The second-order valence-corrected chi connectivity index (χ2v) is 6.22. The summed E-state index contributed by atoms with van der Waals surface area (Å²) >= 11 is 0. The largest absolute Gasteiger partial charge is 0.493 e. The number of carbonyl (C=O) groups is 3. The number of barbiturate groups is 1. The topological polar surface area (TPSA) is 94.2 Å². The van der Waals surface area contributed by atoms with Crippen LogP contribution in [0.15, 0.2) is 42.0 Å². The predicted octanol–water partition coefficient (Wildman–Crippen LogP) is 2.69. The molecule has 0 atom stereocenters. The van der Waals surface area contributed by atoms with Gasteiger partial charge in [0.05, 0.1) is 27.0 Å². The number of amides is 4. The fourth-order valence-electron chi connectivity index (χ4n) is 3.05. The Morgan fingerprint density at radius 1 is 0.931 bits per heavy atom. The Kier molecular flexibility index (Phi) is 5.54. The van der Waals surface area contributed by atoms with Crippen molar-refractivity contribution < 1.29 is 28.6 Å². The van der Waals surface area contributed by atoms with Crippen molar-refractivity contribution >= 4 is 29.6 Å². The monoisotopic (exact) mass is 396 g/mol. The van der Waals surface area contributed by atoms with Gasteiger partial charge in [0.15, 0.2) is 11.5 Å². The van der Waals surface area contributed by atoms with Crippen molar-refractivity contribution in [2.75, 3.05) is 26.2 Å². The number of ether oxygens (including phenoxy) is 3. The van der Waals surface area contributed by atoms with Crippen molar-refractivity contribution in [3.63, 3.8) is 0 Å². The smallest absolute Gasteiger partial charge is 0.335 e. The van der Waals surface area contributed by atoms with E-state index in [-0.39, 0.29) is 5.57 Å². The van der Waals surface area contributed by atoms with E-state index in [1.807, 2.05) is 13.0 Å². The standard InChI is InChI=1S/C21H20N2O6/c1-12-6-5-7-14(10-12)23-20(25)15(19(24)22-21(23)26)11-13-8-9-16(27-2)18(29-4)17(13)28-3/h5-11H,1-4H3,(H,22,24,26)/b15-11-. The Morgan fingerprint density at radius 3 is 2.28 bits per heavy atom. The number of rotatable bonds is 5. The fraction of sp³-hybridized carbons (Fsp3) is 0.190. The maximum absolute atomic E-state index is 13.0. The molecule has 0 bridgehead atoms. The average Bonchev–Trinajstić information content (AvgIpc) is 2.70. The Hall–Kier alpha value is -3.81. The van der Waals surface area contributed by atoms with Crippen LogP contribution < -0.4 is 24.4 Å². The highest BCUT2D eigenvalue weighted by molar-refractivity contribution is 6.39. The van der Waals surface area contributed by atoms with Gasteiger partial charge in [0, 0.05) is 5.56 Å². The van der Waals surface area contributed by atoms with Crippen molar-refractivity contribution in [3.8, 4) is 17.2 Å². The number of methoxy groups -OCH3 is 3. The third-order valence-corrected chi connectivity index (χ3v) is 4.40. The van der Waals surface area contributed by atoms with E-state index >= 15 is 0 Å². The van der Waals surface area contributed by atoms with Gasteiger partial charge >= 0.3 is 6.03 Å². The van der Waals surface area contributed by atoms with E-state index in [9.17, 15) is 14.4 Å². The number of anilines is 1. The van der Waals surface area contributed by atoms with Crippen LogP contribution in [0.2, 0.25) is 0 Å². The highest BCUT2D eigenvalue weighted by atomic mass is 16.5. The minimum Gasteiger partial charge on any atom is -0.493 e. The second-order valence-electron chi connectivity index (χ2n) is 6.22. The van der Waals surface area contributed by atoms with Crippen LogP contribution in [0.4, 0.5) is 10.5 Å². The molecule has 8 heteroatoms. The Labute approximate surface area is 167 Å². The first-order chi connectivity index (χ1) is 13.9. The van der Waals surface area contributed by atoms with Gasteiger partial charge in [-0.25, -0.2) is 9.69 Å². The number of hydrogen-bond donors (Lipinski definition) is 1. The Bertz CT molecular complexity index is 1030. The molecule has 3 rings (SSSR count). The summed E-state index contributed by atoms with van der Waals surface area (Å²) in [6, 6.07) is 9.32. The van der Waals surface area contributed by atoms with E-state index in [0.717, 1.165) is 10.5 Å². The molecular weight excluding hydrogens is 376 g/mol. The predicted molar refractivity (Wildman–Crippen MR) is 106 cm³/mol. The SMILES string of the molecule is COc1ccc(/C=C2/C(=O)NC(=O)N(c3cccc(C)c3)C2=O)c(OC)c1OC. The molecule has 1 aliphatic rings. The van der Waals surface area contributed by atoms with E-state index < -0.39 is 17.8 Å². The molecule has 2 aromatic carbocycles. The normalized spacial score (nSPS) is 15.4. The van der Waals surface area contributed by atoms with Crippen LogP contribution in [-0.2, 0) is 9.59 Å². The minimum absolute atomic E-state index is 0.211. The fourth-order valence-corrected chi connectivity index (χ4v) is 3.05. The van der Waals surface area contributed by atoms with Gasteiger partial charge in [0.1, 0.15) is 5.57 Å². The van der Waals surface area contributed by atoms with E-state index in [1.165, 1.54) is 27.4 Å². The van der Waals surface area contributed by atoms with Crippen molar-refractivity contribution in [1.82, 2.24) is 5.32 Å². The van der Waals surface area contributed by atoms with Gasteiger partial charge in [-0.05, 0) is 42.8 Å². The van der Waals surface area contributed by atoms with E-state index in [4.69, 9.17) is 14.2 Å². The lowest BCUT2D eigenvalue weighted by molar-refractivity contribution is -0.122. The molecule has 0 spiro atoms. The lowest BCUT2D eigenvalue weighted by Crippen LogP contribution is -2.54. The van der Waals surface area contributed by atoms with Gasteiger partial charge in [-0.15, -0.1) is 0 Å². The Morgan fingerprint density at radius 2 is 1.66 bits per heavy atom. The zero-order chi connectivity index (χ0) is 21.1. The van der Waals surface area contributed by atoms with Crippen LogP contribution >= 0.6 is 0 Å². The summed E-state index contributed by atoms with van der Waals surface area (Å²) in [6.45, 7) is 1.84. The highest BCUT2D eigenvalue weighted by Gasteiger charge is 2.37. The molecule has 2 aromatic rings. The van der Waals surface area contributed by atoms with E-state index in [0.29, 0.717) is 28.5 Å². The van der Waals surface area contributed by atoms with Crippen LogP contribution in [0.5, 0.6) is 17.2 Å². The van der Waals surface area contributed by atoms with E-state index in [2.05, 4.69) is 5.32 Å².